The second-order valence-electron chi connectivity index (χ2n) is 5.85. The van der Waals surface area contributed by atoms with Crippen molar-refractivity contribution in [2.45, 2.75) is 37.4 Å². The number of carbonyl (C=O) groups excluding carboxylic acids is 1. The Kier molecular flexibility index (Phi) is 3.95. The van der Waals surface area contributed by atoms with Crippen LogP contribution in [0.2, 0.25) is 0 Å². The Labute approximate surface area is 124 Å². The lowest BCUT2D eigenvalue weighted by Crippen LogP contribution is -2.44. The van der Waals surface area contributed by atoms with Gasteiger partial charge in [0.15, 0.2) is 0 Å². The second-order valence-corrected chi connectivity index (χ2v) is 5.85. The third-order valence-electron chi connectivity index (χ3n) is 4.59. The Morgan fingerprint density at radius 1 is 1.38 bits per heavy atom. The van der Waals surface area contributed by atoms with Gasteiger partial charge < -0.3 is 9.64 Å². The molecule has 1 aliphatic carbocycles. The number of benzene rings is 1. The zero-order chi connectivity index (χ0) is 14.9. The van der Waals surface area contributed by atoms with Crippen molar-refractivity contribution in [3.63, 3.8) is 0 Å². The Morgan fingerprint density at radius 3 is 2.76 bits per heavy atom. The largest absolute Gasteiger partial charge is 0.383 e. The van der Waals surface area contributed by atoms with Crippen molar-refractivity contribution in [3.8, 4) is 0 Å². The molecule has 1 atom stereocenters. The lowest BCUT2D eigenvalue weighted by molar-refractivity contribution is -0.133. The molecule has 21 heavy (non-hydrogen) atoms. The van der Waals surface area contributed by atoms with E-state index < -0.39 is 11.7 Å². The molecular formula is C16H21FN2O2. The second kappa shape index (κ2) is 5.73. The van der Waals surface area contributed by atoms with Crippen molar-refractivity contribution >= 4 is 5.91 Å². The Balaban J connectivity index is 1.93. The fraction of sp³-hybridized carbons (Fsp3) is 0.562. The summed E-state index contributed by atoms with van der Waals surface area (Å²) < 4.78 is 19.2. The summed E-state index contributed by atoms with van der Waals surface area (Å²) in [5.41, 5.74) is 0.0338. The van der Waals surface area contributed by atoms with Gasteiger partial charge in [0.05, 0.1) is 12.1 Å². The smallest absolute Gasteiger partial charge is 0.244 e. The molecule has 2 aliphatic rings. The summed E-state index contributed by atoms with van der Waals surface area (Å²) >= 11 is 0. The molecule has 1 aromatic rings. The molecule has 1 amide bonds. The van der Waals surface area contributed by atoms with E-state index in [0.717, 1.165) is 25.7 Å². The van der Waals surface area contributed by atoms with Crippen LogP contribution in [0.15, 0.2) is 24.3 Å². The summed E-state index contributed by atoms with van der Waals surface area (Å²) in [6, 6.07) is 6.66. The van der Waals surface area contributed by atoms with Gasteiger partial charge in [0, 0.05) is 19.2 Å². The van der Waals surface area contributed by atoms with Crippen molar-refractivity contribution < 1.29 is 13.9 Å². The molecule has 2 fully saturated rings. The van der Waals surface area contributed by atoms with Crippen LogP contribution >= 0.6 is 0 Å². The minimum atomic E-state index is -0.499. The molecule has 1 saturated carbocycles. The van der Waals surface area contributed by atoms with Crippen LogP contribution in [0.25, 0.3) is 0 Å². The minimum absolute atomic E-state index is 0.0882. The number of hydrogen-bond donors (Lipinski definition) is 1. The molecule has 5 heteroatoms. The first kappa shape index (κ1) is 14.5. The van der Waals surface area contributed by atoms with E-state index in [9.17, 15) is 9.18 Å². The van der Waals surface area contributed by atoms with Gasteiger partial charge in [-0.25, -0.2) is 4.39 Å². The van der Waals surface area contributed by atoms with E-state index in [1.165, 1.54) is 6.07 Å². The minimum Gasteiger partial charge on any atom is -0.383 e. The molecular weight excluding hydrogens is 271 g/mol. The van der Waals surface area contributed by atoms with Gasteiger partial charge in [-0.2, -0.15) is 0 Å². The van der Waals surface area contributed by atoms with Gasteiger partial charge in [-0.15, -0.1) is 0 Å². The quantitative estimate of drug-likeness (QED) is 0.925. The molecule has 1 N–H and O–H groups in total. The molecule has 1 unspecified atom stereocenters. The van der Waals surface area contributed by atoms with Gasteiger partial charge in [0.1, 0.15) is 12.0 Å². The number of rotatable bonds is 4. The lowest BCUT2D eigenvalue weighted by Gasteiger charge is -2.24. The summed E-state index contributed by atoms with van der Waals surface area (Å²) in [5, 5.41) is 3.41. The molecule has 1 spiro atoms. The van der Waals surface area contributed by atoms with E-state index in [1.54, 1.807) is 30.2 Å². The maximum absolute atomic E-state index is 14.1. The highest BCUT2D eigenvalue weighted by Crippen LogP contribution is 2.41. The van der Waals surface area contributed by atoms with Crippen molar-refractivity contribution in [1.29, 1.82) is 0 Å². The van der Waals surface area contributed by atoms with E-state index in [1.807, 2.05) is 0 Å². The van der Waals surface area contributed by atoms with E-state index >= 15 is 0 Å². The molecule has 4 nitrogen and oxygen atoms in total. The number of carbonyl (C=O) groups is 1. The summed E-state index contributed by atoms with van der Waals surface area (Å²) in [5.74, 6) is -0.189. The SMILES string of the molecule is COCCN1C(=O)C2(CCCC2)NC1c1ccccc1F. The van der Waals surface area contributed by atoms with E-state index in [-0.39, 0.29) is 11.7 Å². The summed E-state index contributed by atoms with van der Waals surface area (Å²) in [6.07, 6.45) is 3.36. The highest BCUT2D eigenvalue weighted by molar-refractivity contribution is 5.89. The van der Waals surface area contributed by atoms with Gasteiger partial charge in [-0.1, -0.05) is 31.0 Å². The fourth-order valence-corrected chi connectivity index (χ4v) is 3.49. The average molecular weight is 292 g/mol. The van der Waals surface area contributed by atoms with Crippen molar-refractivity contribution in [3.05, 3.63) is 35.6 Å². The zero-order valence-corrected chi connectivity index (χ0v) is 12.3. The molecule has 1 aromatic carbocycles. The Bertz CT molecular complexity index is 529. The maximum Gasteiger partial charge on any atom is 0.244 e. The standard InChI is InChI=1S/C16H21FN2O2/c1-21-11-10-19-14(12-6-2-3-7-13(12)17)18-16(15(19)20)8-4-5-9-16/h2-3,6-7,14,18H,4-5,8-11H2,1H3. The van der Waals surface area contributed by atoms with Crippen LogP contribution in [0.3, 0.4) is 0 Å². The first-order valence-corrected chi connectivity index (χ1v) is 7.50. The van der Waals surface area contributed by atoms with Crippen LogP contribution in [-0.2, 0) is 9.53 Å². The highest BCUT2D eigenvalue weighted by atomic mass is 19.1. The number of halogens is 1. The predicted molar refractivity (Wildman–Crippen MR) is 77.1 cm³/mol. The fourth-order valence-electron chi connectivity index (χ4n) is 3.49. The Morgan fingerprint density at radius 2 is 2.10 bits per heavy atom. The molecule has 1 aliphatic heterocycles. The molecule has 3 rings (SSSR count). The number of methoxy groups -OCH3 is 1. The number of ether oxygens (including phenoxy) is 1. The van der Waals surface area contributed by atoms with Crippen LogP contribution in [0.1, 0.15) is 37.4 Å². The first-order valence-electron chi connectivity index (χ1n) is 7.50. The summed E-state index contributed by atoms with van der Waals surface area (Å²) in [7, 11) is 1.61. The van der Waals surface area contributed by atoms with Crippen molar-refractivity contribution in [2.24, 2.45) is 0 Å². The van der Waals surface area contributed by atoms with E-state index in [4.69, 9.17) is 4.74 Å². The van der Waals surface area contributed by atoms with Crippen LogP contribution in [0.5, 0.6) is 0 Å². The monoisotopic (exact) mass is 292 g/mol. The van der Waals surface area contributed by atoms with Gasteiger partial charge in [0.2, 0.25) is 5.91 Å². The van der Waals surface area contributed by atoms with E-state index in [0.29, 0.717) is 18.7 Å². The molecule has 0 aromatic heterocycles. The summed E-state index contributed by atoms with van der Waals surface area (Å²) in [4.78, 5) is 14.5. The van der Waals surface area contributed by atoms with Gasteiger partial charge in [-0.05, 0) is 18.9 Å². The first-order chi connectivity index (χ1) is 10.2. The van der Waals surface area contributed by atoms with E-state index in [2.05, 4.69) is 5.32 Å². The highest BCUT2D eigenvalue weighted by Gasteiger charge is 2.52. The molecule has 114 valence electrons. The summed E-state index contributed by atoms with van der Waals surface area (Å²) in [6.45, 7) is 0.928. The molecule has 0 radical (unpaired) electrons. The lowest BCUT2D eigenvalue weighted by atomic mass is 9.98. The number of nitrogens with zero attached hydrogens (tertiary/aromatic N) is 1. The molecule has 1 heterocycles. The van der Waals surface area contributed by atoms with Crippen LogP contribution in [0.4, 0.5) is 4.39 Å². The average Bonchev–Trinajstić information content (AvgIpc) is 3.06. The van der Waals surface area contributed by atoms with Gasteiger partial charge in [0.25, 0.3) is 0 Å². The van der Waals surface area contributed by atoms with Crippen LogP contribution in [0, 0.1) is 5.82 Å². The number of amides is 1. The normalized spacial score (nSPS) is 24.2. The Hall–Kier alpha value is -1.46. The number of hydrogen-bond acceptors (Lipinski definition) is 3. The zero-order valence-electron chi connectivity index (χ0n) is 12.3. The molecule has 1 saturated heterocycles. The third kappa shape index (κ3) is 2.45. The third-order valence-corrected chi connectivity index (χ3v) is 4.59. The molecule has 0 bridgehead atoms. The van der Waals surface area contributed by atoms with Crippen molar-refractivity contribution in [2.75, 3.05) is 20.3 Å². The van der Waals surface area contributed by atoms with Crippen LogP contribution in [-0.4, -0.2) is 36.6 Å². The van der Waals surface area contributed by atoms with Crippen LogP contribution < -0.4 is 5.32 Å². The topological polar surface area (TPSA) is 41.6 Å². The number of nitrogens with one attached hydrogen (secondary N) is 1. The van der Waals surface area contributed by atoms with Crippen molar-refractivity contribution in [1.82, 2.24) is 10.2 Å². The predicted octanol–water partition coefficient (Wildman–Crippen LogP) is 2.22. The van der Waals surface area contributed by atoms with Gasteiger partial charge >= 0.3 is 0 Å². The van der Waals surface area contributed by atoms with Gasteiger partial charge in [-0.3, -0.25) is 10.1 Å². The maximum atomic E-state index is 14.1.